The molecule has 11 heteroatoms. The smallest absolute Gasteiger partial charge is 0.495 e. The number of benzene rings is 2. The van der Waals surface area contributed by atoms with Crippen LogP contribution in [0.4, 0.5) is 0 Å². The fourth-order valence-electron chi connectivity index (χ4n) is 4.23. The standard InChI is InChI=1S/C27H31BN2O8/c1-26(2)27(3,4)38-28(37-26)18-14-17(33-5)15-19(34-6)20(18)22-21(24(31)35-7)23(25(32)36-8)30(29-22)16-12-10-9-11-13-16/h9-15H,1-8H3. The predicted molar refractivity (Wildman–Crippen MR) is 140 cm³/mol. The second-order valence-corrected chi connectivity index (χ2v) is 9.68. The number of para-hydroxylation sites is 1. The predicted octanol–water partition coefficient (Wildman–Crippen LogP) is 3.43. The zero-order valence-corrected chi connectivity index (χ0v) is 22.8. The van der Waals surface area contributed by atoms with Gasteiger partial charge in [-0.05, 0) is 51.4 Å². The summed E-state index contributed by atoms with van der Waals surface area (Å²) >= 11 is 0. The van der Waals surface area contributed by atoms with E-state index in [9.17, 15) is 9.59 Å². The van der Waals surface area contributed by atoms with E-state index in [0.717, 1.165) is 0 Å². The first-order valence-electron chi connectivity index (χ1n) is 12.0. The Balaban J connectivity index is 2.10. The molecule has 10 nitrogen and oxygen atoms in total. The Hall–Kier alpha value is -3.83. The highest BCUT2D eigenvalue weighted by molar-refractivity contribution is 6.64. The highest BCUT2D eigenvalue weighted by atomic mass is 16.7. The second kappa shape index (κ2) is 10.1. The van der Waals surface area contributed by atoms with Crippen LogP contribution in [-0.2, 0) is 18.8 Å². The molecule has 0 spiro atoms. The van der Waals surface area contributed by atoms with E-state index in [1.54, 1.807) is 36.4 Å². The van der Waals surface area contributed by atoms with Crippen LogP contribution in [0.2, 0.25) is 0 Å². The molecule has 200 valence electrons. The molecule has 1 aliphatic rings. The molecular weight excluding hydrogens is 491 g/mol. The zero-order valence-electron chi connectivity index (χ0n) is 22.8. The van der Waals surface area contributed by atoms with Crippen LogP contribution in [0.15, 0.2) is 42.5 Å². The molecule has 2 heterocycles. The van der Waals surface area contributed by atoms with Gasteiger partial charge >= 0.3 is 19.1 Å². The summed E-state index contributed by atoms with van der Waals surface area (Å²) in [5, 5.41) is 4.74. The summed E-state index contributed by atoms with van der Waals surface area (Å²) in [7, 11) is 4.61. The van der Waals surface area contributed by atoms with Gasteiger partial charge in [-0.25, -0.2) is 14.3 Å². The van der Waals surface area contributed by atoms with Crippen molar-refractivity contribution in [1.29, 1.82) is 0 Å². The molecule has 0 aliphatic carbocycles. The van der Waals surface area contributed by atoms with Crippen molar-refractivity contribution in [2.24, 2.45) is 0 Å². The van der Waals surface area contributed by atoms with Gasteiger partial charge in [0.25, 0.3) is 0 Å². The first-order chi connectivity index (χ1) is 18.0. The molecule has 0 saturated carbocycles. The van der Waals surface area contributed by atoms with Crippen molar-refractivity contribution in [3.05, 3.63) is 53.7 Å². The van der Waals surface area contributed by atoms with E-state index in [1.807, 2.05) is 33.8 Å². The van der Waals surface area contributed by atoms with Crippen LogP contribution in [0.5, 0.6) is 11.5 Å². The lowest BCUT2D eigenvalue weighted by Gasteiger charge is -2.32. The number of aromatic nitrogens is 2. The maximum absolute atomic E-state index is 13.2. The Kier molecular flexibility index (Phi) is 7.27. The quantitative estimate of drug-likeness (QED) is 0.341. The van der Waals surface area contributed by atoms with Gasteiger partial charge in [0.15, 0.2) is 5.69 Å². The lowest BCUT2D eigenvalue weighted by Crippen LogP contribution is -2.41. The van der Waals surface area contributed by atoms with E-state index < -0.39 is 30.3 Å². The Labute approximate surface area is 221 Å². The summed E-state index contributed by atoms with van der Waals surface area (Å²) in [6.07, 6.45) is 0. The molecule has 0 radical (unpaired) electrons. The van der Waals surface area contributed by atoms with Crippen LogP contribution < -0.4 is 14.9 Å². The number of nitrogens with zero attached hydrogens (tertiary/aromatic N) is 2. The van der Waals surface area contributed by atoms with Crippen LogP contribution in [0.1, 0.15) is 48.5 Å². The highest BCUT2D eigenvalue weighted by Crippen LogP contribution is 2.41. The van der Waals surface area contributed by atoms with E-state index >= 15 is 0 Å². The van der Waals surface area contributed by atoms with E-state index in [-0.39, 0.29) is 17.0 Å². The van der Waals surface area contributed by atoms with Crippen LogP contribution in [0, 0.1) is 0 Å². The molecule has 38 heavy (non-hydrogen) atoms. The number of methoxy groups -OCH3 is 4. The number of rotatable bonds is 7. The summed E-state index contributed by atoms with van der Waals surface area (Å²) in [5.41, 5.74) is 0.0433. The van der Waals surface area contributed by atoms with Crippen molar-refractivity contribution < 1.29 is 37.8 Å². The van der Waals surface area contributed by atoms with Gasteiger partial charge in [-0.1, -0.05) is 18.2 Å². The largest absolute Gasteiger partial charge is 0.497 e. The topological polar surface area (TPSA) is 107 Å². The summed E-state index contributed by atoms with van der Waals surface area (Å²) < 4.78 is 35.5. The molecule has 0 unspecified atom stereocenters. The van der Waals surface area contributed by atoms with Gasteiger partial charge in [0.05, 0.1) is 45.3 Å². The minimum Gasteiger partial charge on any atom is -0.497 e. The van der Waals surface area contributed by atoms with E-state index in [4.69, 9.17) is 33.4 Å². The van der Waals surface area contributed by atoms with Crippen molar-refractivity contribution in [2.75, 3.05) is 28.4 Å². The van der Waals surface area contributed by atoms with Gasteiger partial charge < -0.3 is 28.3 Å². The Bertz CT molecular complexity index is 1350. The van der Waals surface area contributed by atoms with Gasteiger partial charge in [0.2, 0.25) is 0 Å². The zero-order chi connectivity index (χ0) is 27.8. The summed E-state index contributed by atoms with van der Waals surface area (Å²) in [4.78, 5) is 26.3. The highest BCUT2D eigenvalue weighted by Gasteiger charge is 2.53. The van der Waals surface area contributed by atoms with Crippen molar-refractivity contribution in [1.82, 2.24) is 9.78 Å². The Morgan fingerprint density at radius 3 is 2.00 bits per heavy atom. The van der Waals surface area contributed by atoms with Crippen LogP contribution in [-0.4, -0.2) is 68.5 Å². The monoisotopic (exact) mass is 522 g/mol. The molecular formula is C27H31BN2O8. The lowest BCUT2D eigenvalue weighted by molar-refractivity contribution is 0.00578. The number of esters is 2. The normalized spacial score (nSPS) is 15.7. The second-order valence-electron chi connectivity index (χ2n) is 9.68. The minimum atomic E-state index is -0.868. The van der Waals surface area contributed by atoms with Crippen LogP contribution in [0.3, 0.4) is 0 Å². The van der Waals surface area contributed by atoms with Crippen molar-refractivity contribution in [3.8, 4) is 28.4 Å². The van der Waals surface area contributed by atoms with Crippen molar-refractivity contribution >= 4 is 24.5 Å². The molecule has 0 amide bonds. The average molecular weight is 522 g/mol. The van der Waals surface area contributed by atoms with Crippen molar-refractivity contribution in [3.63, 3.8) is 0 Å². The van der Waals surface area contributed by atoms with Gasteiger partial charge in [0.1, 0.15) is 22.8 Å². The maximum atomic E-state index is 13.2. The van der Waals surface area contributed by atoms with E-state index in [0.29, 0.717) is 28.2 Å². The third-order valence-corrected chi connectivity index (χ3v) is 6.96. The molecule has 3 aromatic rings. The minimum absolute atomic E-state index is 0.0931. The maximum Gasteiger partial charge on any atom is 0.495 e. The van der Waals surface area contributed by atoms with Gasteiger partial charge in [-0.15, -0.1) is 0 Å². The molecule has 0 N–H and O–H groups in total. The first kappa shape index (κ1) is 27.2. The van der Waals surface area contributed by atoms with Gasteiger partial charge in [-0.3, -0.25) is 0 Å². The third kappa shape index (κ3) is 4.52. The summed E-state index contributed by atoms with van der Waals surface area (Å²) in [6.45, 7) is 7.74. The molecule has 1 aliphatic heterocycles. The van der Waals surface area contributed by atoms with Crippen molar-refractivity contribution in [2.45, 2.75) is 38.9 Å². The van der Waals surface area contributed by atoms with E-state index in [1.165, 1.54) is 33.1 Å². The first-order valence-corrected chi connectivity index (χ1v) is 12.0. The van der Waals surface area contributed by atoms with Crippen LogP contribution >= 0.6 is 0 Å². The average Bonchev–Trinajstić information content (AvgIpc) is 3.41. The molecule has 2 aromatic carbocycles. The lowest BCUT2D eigenvalue weighted by atomic mass is 9.74. The molecule has 1 saturated heterocycles. The Morgan fingerprint density at radius 1 is 0.868 bits per heavy atom. The SMILES string of the molecule is COC(=O)c1c(-c2c(OC)cc(OC)cc2B2OC(C)(C)C(C)(C)O2)nn(-c2ccccc2)c1C(=O)OC. The number of carbonyl (C=O) groups excluding carboxylic acids is 2. The molecule has 0 bridgehead atoms. The number of ether oxygens (including phenoxy) is 4. The van der Waals surface area contributed by atoms with Gasteiger partial charge in [0, 0.05) is 11.6 Å². The molecule has 4 rings (SSSR count). The van der Waals surface area contributed by atoms with Crippen LogP contribution in [0.25, 0.3) is 16.9 Å². The van der Waals surface area contributed by atoms with E-state index in [2.05, 4.69) is 0 Å². The molecule has 1 fully saturated rings. The fraction of sp³-hybridized carbons (Fsp3) is 0.370. The number of carbonyl (C=O) groups is 2. The summed E-state index contributed by atoms with van der Waals surface area (Å²) in [6, 6.07) is 12.3. The summed E-state index contributed by atoms with van der Waals surface area (Å²) in [5.74, 6) is -0.739. The Morgan fingerprint density at radius 2 is 1.47 bits per heavy atom. The number of hydrogen-bond acceptors (Lipinski definition) is 9. The van der Waals surface area contributed by atoms with Gasteiger partial charge in [-0.2, -0.15) is 5.10 Å². The fourth-order valence-corrected chi connectivity index (χ4v) is 4.23. The third-order valence-electron chi connectivity index (χ3n) is 6.96. The molecule has 0 atom stereocenters. The number of hydrogen-bond donors (Lipinski definition) is 0. The molecule has 1 aromatic heterocycles.